The first-order chi connectivity index (χ1) is 11.7. The quantitative estimate of drug-likeness (QED) is 0.727. The fraction of sp³-hybridized carbons (Fsp3) is 0.368. The molecule has 0 saturated heterocycles. The van der Waals surface area contributed by atoms with E-state index >= 15 is 0 Å². The van der Waals surface area contributed by atoms with E-state index in [1.54, 1.807) is 22.2 Å². The Kier molecular flexibility index (Phi) is 4.10. The van der Waals surface area contributed by atoms with Crippen molar-refractivity contribution in [2.24, 2.45) is 0 Å². The molecule has 4 nitrogen and oxygen atoms in total. The maximum Gasteiger partial charge on any atom is 0.262 e. The van der Waals surface area contributed by atoms with Gasteiger partial charge in [0.1, 0.15) is 17.2 Å². The number of rotatable bonds is 4. The predicted octanol–water partition coefficient (Wildman–Crippen LogP) is 3.72. The topological polar surface area (TPSA) is 44.1 Å². The van der Waals surface area contributed by atoms with Gasteiger partial charge in [-0.3, -0.25) is 9.36 Å². The number of para-hydroxylation sites is 1. The molecule has 4 rings (SSSR count). The van der Waals surface area contributed by atoms with Crippen LogP contribution in [0.1, 0.15) is 28.8 Å². The maximum atomic E-state index is 12.8. The Bertz CT molecular complexity index is 942. The fourth-order valence-corrected chi connectivity index (χ4v) is 4.53. The first kappa shape index (κ1) is 15.4. The molecule has 0 bridgehead atoms. The van der Waals surface area contributed by atoms with Crippen LogP contribution in [0.5, 0.6) is 5.75 Å². The predicted molar refractivity (Wildman–Crippen MR) is 97.2 cm³/mol. The number of aryl methyl sites for hydroxylation is 3. The highest BCUT2D eigenvalue weighted by atomic mass is 32.1. The normalized spacial score (nSPS) is 13.9. The Morgan fingerprint density at radius 2 is 2.08 bits per heavy atom. The van der Waals surface area contributed by atoms with Crippen LogP contribution in [0.15, 0.2) is 35.4 Å². The van der Waals surface area contributed by atoms with E-state index in [0.29, 0.717) is 13.2 Å². The fourth-order valence-electron chi connectivity index (χ4n) is 3.31. The summed E-state index contributed by atoms with van der Waals surface area (Å²) in [4.78, 5) is 19.6. The van der Waals surface area contributed by atoms with E-state index in [4.69, 9.17) is 4.74 Å². The van der Waals surface area contributed by atoms with Gasteiger partial charge in [-0.05, 0) is 49.8 Å². The van der Waals surface area contributed by atoms with Crippen LogP contribution in [0, 0.1) is 6.92 Å². The molecule has 5 heteroatoms. The summed E-state index contributed by atoms with van der Waals surface area (Å²) in [6.07, 6.45) is 6.15. The molecule has 3 aromatic rings. The smallest absolute Gasteiger partial charge is 0.262 e. The van der Waals surface area contributed by atoms with Crippen LogP contribution in [-0.2, 0) is 19.4 Å². The maximum absolute atomic E-state index is 12.8. The number of nitrogens with zero attached hydrogens (tertiary/aromatic N) is 2. The lowest BCUT2D eigenvalue weighted by Gasteiger charge is -2.11. The molecular formula is C19H20N2O2S. The Balaban J connectivity index is 1.57. The van der Waals surface area contributed by atoms with E-state index in [-0.39, 0.29) is 5.56 Å². The second kappa shape index (κ2) is 6.40. The van der Waals surface area contributed by atoms with Gasteiger partial charge in [-0.25, -0.2) is 4.98 Å². The van der Waals surface area contributed by atoms with Crippen LogP contribution >= 0.6 is 11.3 Å². The van der Waals surface area contributed by atoms with Crippen molar-refractivity contribution >= 4 is 21.6 Å². The molecule has 0 amide bonds. The van der Waals surface area contributed by atoms with Crippen LogP contribution in [0.2, 0.25) is 0 Å². The second-order valence-electron chi connectivity index (χ2n) is 6.25. The van der Waals surface area contributed by atoms with Gasteiger partial charge < -0.3 is 4.74 Å². The lowest BCUT2D eigenvalue weighted by atomic mass is 9.97. The molecule has 2 heterocycles. The number of hydrogen-bond donors (Lipinski definition) is 0. The molecule has 0 radical (unpaired) electrons. The van der Waals surface area contributed by atoms with Crippen LogP contribution < -0.4 is 10.3 Å². The summed E-state index contributed by atoms with van der Waals surface area (Å²) in [5.41, 5.74) is 2.42. The molecule has 0 aliphatic heterocycles. The molecule has 124 valence electrons. The van der Waals surface area contributed by atoms with Crippen molar-refractivity contribution in [2.45, 2.75) is 39.2 Å². The molecule has 0 saturated carbocycles. The van der Waals surface area contributed by atoms with Crippen molar-refractivity contribution in [1.82, 2.24) is 9.55 Å². The first-order valence-electron chi connectivity index (χ1n) is 8.42. The Morgan fingerprint density at radius 3 is 2.96 bits per heavy atom. The molecule has 0 atom stereocenters. The molecule has 0 spiro atoms. The molecule has 2 aromatic heterocycles. The minimum absolute atomic E-state index is 0.0767. The minimum atomic E-state index is 0.0767. The molecule has 0 fully saturated rings. The van der Waals surface area contributed by atoms with Crippen molar-refractivity contribution in [3.8, 4) is 5.75 Å². The molecule has 0 unspecified atom stereocenters. The van der Waals surface area contributed by atoms with Gasteiger partial charge in [0.05, 0.1) is 18.3 Å². The Labute approximate surface area is 144 Å². The molecule has 1 aliphatic carbocycles. The molecule has 0 N–H and O–H groups in total. The summed E-state index contributed by atoms with van der Waals surface area (Å²) in [6, 6.07) is 7.92. The highest BCUT2D eigenvalue weighted by Gasteiger charge is 2.19. The zero-order chi connectivity index (χ0) is 16.5. The number of hydrogen-bond acceptors (Lipinski definition) is 4. The Morgan fingerprint density at radius 1 is 1.25 bits per heavy atom. The van der Waals surface area contributed by atoms with Gasteiger partial charge in [0.15, 0.2) is 0 Å². The van der Waals surface area contributed by atoms with Crippen molar-refractivity contribution in [3.63, 3.8) is 0 Å². The van der Waals surface area contributed by atoms with Gasteiger partial charge in [0, 0.05) is 4.88 Å². The zero-order valence-corrected chi connectivity index (χ0v) is 14.6. The number of ether oxygens (including phenoxy) is 1. The zero-order valence-electron chi connectivity index (χ0n) is 13.7. The number of benzene rings is 1. The molecular weight excluding hydrogens is 320 g/mol. The minimum Gasteiger partial charge on any atom is -0.491 e. The van der Waals surface area contributed by atoms with Crippen molar-refractivity contribution in [2.75, 3.05) is 6.61 Å². The van der Waals surface area contributed by atoms with Gasteiger partial charge in [-0.1, -0.05) is 18.2 Å². The summed E-state index contributed by atoms with van der Waals surface area (Å²) in [5.74, 6) is 0.868. The lowest BCUT2D eigenvalue weighted by Crippen LogP contribution is -2.24. The van der Waals surface area contributed by atoms with Crippen LogP contribution in [0.3, 0.4) is 0 Å². The third-order valence-electron chi connectivity index (χ3n) is 4.63. The van der Waals surface area contributed by atoms with Crippen molar-refractivity contribution in [3.05, 3.63) is 57.0 Å². The number of fused-ring (bicyclic) bond motifs is 3. The van der Waals surface area contributed by atoms with Crippen molar-refractivity contribution in [1.29, 1.82) is 0 Å². The third kappa shape index (κ3) is 2.73. The van der Waals surface area contributed by atoms with Crippen LogP contribution in [-0.4, -0.2) is 16.2 Å². The highest BCUT2D eigenvalue weighted by Crippen LogP contribution is 2.33. The Hall–Kier alpha value is -2.14. The molecule has 1 aromatic carbocycles. The van der Waals surface area contributed by atoms with E-state index in [9.17, 15) is 4.79 Å². The van der Waals surface area contributed by atoms with Crippen LogP contribution in [0.4, 0.5) is 0 Å². The van der Waals surface area contributed by atoms with Gasteiger partial charge in [0.25, 0.3) is 5.56 Å². The van der Waals surface area contributed by atoms with E-state index in [1.165, 1.54) is 23.3 Å². The van der Waals surface area contributed by atoms with Gasteiger partial charge >= 0.3 is 0 Å². The first-order valence-corrected chi connectivity index (χ1v) is 9.24. The lowest BCUT2D eigenvalue weighted by molar-refractivity contribution is 0.294. The van der Waals surface area contributed by atoms with Gasteiger partial charge in [-0.15, -0.1) is 11.3 Å². The average Bonchev–Trinajstić information content (AvgIpc) is 2.98. The standard InChI is InChI=1S/C19H20N2O2S/c1-13-6-2-4-8-15(13)23-11-10-21-12-20-18-17(19(21)22)14-7-3-5-9-16(14)24-18/h2,4,6,8,12H,3,5,7,9-11H2,1H3. The average molecular weight is 340 g/mol. The van der Waals surface area contributed by atoms with E-state index in [1.807, 2.05) is 31.2 Å². The van der Waals surface area contributed by atoms with Gasteiger partial charge in [-0.2, -0.15) is 0 Å². The highest BCUT2D eigenvalue weighted by molar-refractivity contribution is 7.18. The summed E-state index contributed by atoms with van der Waals surface area (Å²) in [5, 5.41) is 0.841. The summed E-state index contributed by atoms with van der Waals surface area (Å²) in [6.45, 7) is 3.00. The SMILES string of the molecule is Cc1ccccc1OCCn1cnc2sc3c(c2c1=O)CCCC3. The van der Waals surface area contributed by atoms with E-state index in [2.05, 4.69) is 4.98 Å². The van der Waals surface area contributed by atoms with Crippen molar-refractivity contribution < 1.29 is 4.74 Å². The monoisotopic (exact) mass is 340 g/mol. The van der Waals surface area contributed by atoms with E-state index < -0.39 is 0 Å². The summed E-state index contributed by atoms with van der Waals surface area (Å²) < 4.78 is 7.50. The number of aromatic nitrogens is 2. The molecule has 24 heavy (non-hydrogen) atoms. The molecule has 1 aliphatic rings. The summed E-state index contributed by atoms with van der Waals surface area (Å²) in [7, 11) is 0. The van der Waals surface area contributed by atoms with Crippen LogP contribution in [0.25, 0.3) is 10.2 Å². The van der Waals surface area contributed by atoms with Gasteiger partial charge in [0.2, 0.25) is 0 Å². The summed E-state index contributed by atoms with van der Waals surface area (Å²) >= 11 is 1.69. The largest absolute Gasteiger partial charge is 0.491 e. The second-order valence-corrected chi connectivity index (χ2v) is 7.33. The number of thiophene rings is 1. The van der Waals surface area contributed by atoms with E-state index in [0.717, 1.165) is 34.4 Å². The third-order valence-corrected chi connectivity index (χ3v) is 5.82.